The second-order valence-electron chi connectivity index (χ2n) is 5.80. The van der Waals surface area contributed by atoms with Gasteiger partial charge in [0.05, 0.1) is 6.10 Å². The van der Waals surface area contributed by atoms with Gasteiger partial charge in [-0.15, -0.1) is 11.3 Å². The molecule has 0 radical (unpaired) electrons. The second kappa shape index (κ2) is 6.73. The molecule has 1 aromatic heterocycles. The van der Waals surface area contributed by atoms with Crippen molar-refractivity contribution in [2.24, 2.45) is 0 Å². The topological polar surface area (TPSA) is 12.5 Å². The molecule has 1 aliphatic rings. The minimum Gasteiger partial charge on any atom is -0.380 e. The Hall–Kier alpha value is -1.16. The van der Waals surface area contributed by atoms with E-state index >= 15 is 0 Å². The molecule has 2 heterocycles. The highest BCUT2D eigenvalue weighted by molar-refractivity contribution is 7.11. The minimum atomic E-state index is 0.353. The average molecular weight is 301 g/mol. The lowest BCUT2D eigenvalue weighted by Crippen LogP contribution is -2.37. The molecule has 0 N–H and O–H groups in total. The Morgan fingerprint density at radius 2 is 2.00 bits per heavy atom. The first-order valence-electron chi connectivity index (χ1n) is 7.62. The van der Waals surface area contributed by atoms with Crippen LogP contribution in [0.4, 0.5) is 0 Å². The summed E-state index contributed by atoms with van der Waals surface area (Å²) in [6, 6.07) is 15.7. The molecule has 1 fully saturated rings. The maximum atomic E-state index is 5.73. The molecule has 112 valence electrons. The summed E-state index contributed by atoms with van der Waals surface area (Å²) in [7, 11) is 1.85. The van der Waals surface area contributed by atoms with Crippen molar-refractivity contribution < 1.29 is 4.74 Å². The van der Waals surface area contributed by atoms with Crippen LogP contribution < -0.4 is 0 Å². The summed E-state index contributed by atoms with van der Waals surface area (Å²) in [6.07, 6.45) is 2.56. The third kappa shape index (κ3) is 3.54. The van der Waals surface area contributed by atoms with E-state index in [2.05, 4.69) is 54.3 Å². The molecule has 3 rings (SSSR count). The zero-order chi connectivity index (χ0) is 14.7. The number of likely N-dealkylation sites (tertiary alicyclic amines) is 1. The van der Waals surface area contributed by atoms with Gasteiger partial charge in [0.1, 0.15) is 0 Å². The number of aryl methyl sites for hydroxylation is 1. The maximum absolute atomic E-state index is 5.73. The van der Waals surface area contributed by atoms with Crippen LogP contribution in [0.2, 0.25) is 0 Å². The van der Waals surface area contributed by atoms with Crippen LogP contribution in [0.3, 0.4) is 0 Å². The van der Waals surface area contributed by atoms with E-state index in [1.807, 2.05) is 18.4 Å². The first-order chi connectivity index (χ1) is 10.3. The number of thiophene rings is 1. The lowest BCUT2D eigenvalue weighted by Gasteiger charge is -2.27. The lowest BCUT2D eigenvalue weighted by molar-refractivity contribution is 0.0641. The molecule has 2 nitrogen and oxygen atoms in total. The van der Waals surface area contributed by atoms with Gasteiger partial charge < -0.3 is 4.74 Å². The SMILES string of the molecule is CO[C@@H]1CCN(Cc2ccc(C)s2)[C@H]1Cc1ccccc1. The summed E-state index contributed by atoms with van der Waals surface area (Å²) in [5, 5.41) is 0. The van der Waals surface area contributed by atoms with E-state index in [-0.39, 0.29) is 0 Å². The van der Waals surface area contributed by atoms with E-state index in [1.165, 1.54) is 15.3 Å². The molecule has 0 saturated carbocycles. The smallest absolute Gasteiger partial charge is 0.0742 e. The number of rotatable bonds is 5. The molecule has 0 amide bonds. The second-order valence-corrected chi connectivity index (χ2v) is 7.18. The van der Waals surface area contributed by atoms with Gasteiger partial charge in [-0.2, -0.15) is 0 Å². The van der Waals surface area contributed by atoms with Crippen molar-refractivity contribution in [3.05, 3.63) is 57.8 Å². The van der Waals surface area contributed by atoms with E-state index in [0.29, 0.717) is 12.1 Å². The van der Waals surface area contributed by atoms with Gasteiger partial charge in [0.15, 0.2) is 0 Å². The first-order valence-corrected chi connectivity index (χ1v) is 8.44. The van der Waals surface area contributed by atoms with E-state index < -0.39 is 0 Å². The van der Waals surface area contributed by atoms with E-state index in [0.717, 1.165) is 25.9 Å². The van der Waals surface area contributed by atoms with Crippen molar-refractivity contribution in [2.75, 3.05) is 13.7 Å². The standard InChI is InChI=1S/C18H23NOS/c1-14-8-9-16(21-14)13-19-11-10-18(20-2)17(19)12-15-6-4-3-5-7-15/h3-9,17-18H,10-13H2,1-2H3/t17-,18+/m0/s1. The number of hydrogen-bond acceptors (Lipinski definition) is 3. The molecule has 1 saturated heterocycles. The van der Waals surface area contributed by atoms with Gasteiger partial charge in [-0.3, -0.25) is 4.90 Å². The van der Waals surface area contributed by atoms with Gasteiger partial charge in [0.25, 0.3) is 0 Å². The summed E-state index contributed by atoms with van der Waals surface area (Å²) < 4.78 is 5.73. The van der Waals surface area contributed by atoms with Gasteiger partial charge in [-0.1, -0.05) is 30.3 Å². The highest BCUT2D eigenvalue weighted by Gasteiger charge is 2.34. The molecular formula is C18H23NOS. The first kappa shape index (κ1) is 14.8. The molecule has 0 spiro atoms. The van der Waals surface area contributed by atoms with Crippen molar-refractivity contribution in [2.45, 2.75) is 38.5 Å². The molecule has 0 bridgehead atoms. The van der Waals surface area contributed by atoms with Crippen molar-refractivity contribution in [1.82, 2.24) is 4.90 Å². The van der Waals surface area contributed by atoms with Crippen molar-refractivity contribution >= 4 is 11.3 Å². The number of ether oxygens (including phenoxy) is 1. The number of benzene rings is 1. The Labute approximate surface area is 131 Å². The van der Waals surface area contributed by atoms with Crippen molar-refractivity contribution in [1.29, 1.82) is 0 Å². The Morgan fingerprint density at radius 1 is 1.19 bits per heavy atom. The fraction of sp³-hybridized carbons (Fsp3) is 0.444. The Kier molecular flexibility index (Phi) is 4.73. The third-order valence-electron chi connectivity index (χ3n) is 4.34. The monoisotopic (exact) mass is 301 g/mol. The van der Waals surface area contributed by atoms with Gasteiger partial charge in [-0.25, -0.2) is 0 Å². The van der Waals surface area contributed by atoms with Gasteiger partial charge in [-0.05, 0) is 37.5 Å². The molecule has 1 aliphatic heterocycles. The predicted molar refractivity (Wildman–Crippen MR) is 88.8 cm³/mol. The van der Waals surface area contributed by atoms with E-state index in [1.54, 1.807) is 0 Å². The van der Waals surface area contributed by atoms with Crippen LogP contribution in [-0.2, 0) is 17.7 Å². The predicted octanol–water partition coefficient (Wildman–Crippen LogP) is 3.89. The van der Waals surface area contributed by atoms with Gasteiger partial charge in [0, 0.05) is 36.0 Å². The zero-order valence-corrected chi connectivity index (χ0v) is 13.6. The maximum Gasteiger partial charge on any atom is 0.0742 e. The fourth-order valence-corrected chi connectivity index (χ4v) is 4.16. The molecule has 1 aromatic carbocycles. The van der Waals surface area contributed by atoms with Crippen molar-refractivity contribution in [3.8, 4) is 0 Å². The molecule has 2 aromatic rings. The van der Waals surface area contributed by atoms with Crippen molar-refractivity contribution in [3.63, 3.8) is 0 Å². The molecular weight excluding hydrogens is 278 g/mol. The molecule has 0 unspecified atom stereocenters. The largest absolute Gasteiger partial charge is 0.380 e. The lowest BCUT2D eigenvalue weighted by atomic mass is 10.0. The van der Waals surface area contributed by atoms with E-state index in [4.69, 9.17) is 4.74 Å². The summed E-state index contributed by atoms with van der Waals surface area (Å²) >= 11 is 1.91. The number of nitrogens with zero attached hydrogens (tertiary/aromatic N) is 1. The summed E-state index contributed by atoms with van der Waals surface area (Å²) in [6.45, 7) is 4.36. The van der Waals surface area contributed by atoms with Gasteiger partial charge >= 0.3 is 0 Å². The highest BCUT2D eigenvalue weighted by atomic mass is 32.1. The van der Waals surface area contributed by atoms with Crippen LogP contribution >= 0.6 is 11.3 Å². The minimum absolute atomic E-state index is 0.353. The molecule has 2 atom stereocenters. The quantitative estimate of drug-likeness (QED) is 0.831. The third-order valence-corrected chi connectivity index (χ3v) is 5.33. The van der Waals surface area contributed by atoms with Crippen LogP contribution in [0.1, 0.15) is 21.7 Å². The molecule has 0 aliphatic carbocycles. The van der Waals surface area contributed by atoms with Gasteiger partial charge in [0.2, 0.25) is 0 Å². The molecule has 21 heavy (non-hydrogen) atoms. The Morgan fingerprint density at radius 3 is 2.67 bits per heavy atom. The number of methoxy groups -OCH3 is 1. The normalized spacial score (nSPS) is 22.8. The van der Waals surface area contributed by atoms with Crippen LogP contribution in [0, 0.1) is 6.92 Å². The van der Waals surface area contributed by atoms with Crippen LogP contribution in [0.25, 0.3) is 0 Å². The Bertz CT molecular complexity index is 566. The van der Waals surface area contributed by atoms with E-state index in [9.17, 15) is 0 Å². The number of hydrogen-bond donors (Lipinski definition) is 0. The molecule has 3 heteroatoms. The summed E-state index contributed by atoms with van der Waals surface area (Å²) in [5.74, 6) is 0. The Balaban J connectivity index is 1.72. The fourth-order valence-electron chi connectivity index (χ4n) is 3.24. The summed E-state index contributed by atoms with van der Waals surface area (Å²) in [4.78, 5) is 5.45. The summed E-state index contributed by atoms with van der Waals surface area (Å²) in [5.41, 5.74) is 1.40. The zero-order valence-electron chi connectivity index (χ0n) is 12.8. The van der Waals surface area contributed by atoms with Crippen LogP contribution in [-0.4, -0.2) is 30.7 Å². The van der Waals surface area contributed by atoms with Crippen LogP contribution in [0.15, 0.2) is 42.5 Å². The average Bonchev–Trinajstić information content (AvgIpc) is 3.08. The highest BCUT2D eigenvalue weighted by Crippen LogP contribution is 2.27. The van der Waals surface area contributed by atoms with Crippen LogP contribution in [0.5, 0.6) is 0 Å².